The second kappa shape index (κ2) is 4.31. The Kier molecular flexibility index (Phi) is 3.03. The van der Waals surface area contributed by atoms with Gasteiger partial charge in [0.1, 0.15) is 5.84 Å². The van der Waals surface area contributed by atoms with Gasteiger partial charge in [0.25, 0.3) is 0 Å². The van der Waals surface area contributed by atoms with E-state index < -0.39 is 0 Å². The number of carbonyl (C=O) groups excluding carboxylic acids is 1. The molecule has 2 saturated carbocycles. The van der Waals surface area contributed by atoms with Crippen LogP contribution < -0.4 is 11.1 Å². The van der Waals surface area contributed by atoms with Gasteiger partial charge in [-0.2, -0.15) is 0 Å². The molecule has 0 aliphatic heterocycles. The van der Waals surface area contributed by atoms with E-state index in [9.17, 15) is 4.79 Å². The molecule has 5 heteroatoms. The molecule has 0 spiro atoms. The first kappa shape index (κ1) is 11.2. The lowest BCUT2D eigenvalue weighted by Gasteiger charge is -2.19. The Morgan fingerprint density at radius 2 is 2.12 bits per heavy atom. The van der Waals surface area contributed by atoms with Crippen LogP contribution in [-0.4, -0.2) is 23.0 Å². The van der Waals surface area contributed by atoms with Crippen LogP contribution in [0.1, 0.15) is 32.6 Å². The van der Waals surface area contributed by atoms with Gasteiger partial charge in [-0.3, -0.25) is 4.79 Å². The summed E-state index contributed by atoms with van der Waals surface area (Å²) in [4.78, 5) is 11.8. The Bertz CT molecular complexity index is 316. The van der Waals surface area contributed by atoms with Crippen molar-refractivity contribution in [2.75, 3.05) is 0 Å². The number of hydrogen-bond acceptors (Lipinski definition) is 3. The largest absolute Gasteiger partial charge is 0.409 e. The smallest absolute Gasteiger partial charge is 0.223 e. The predicted octanol–water partition coefficient (Wildman–Crippen LogP) is 0.674. The highest BCUT2D eigenvalue weighted by Gasteiger charge is 2.41. The number of hydrogen-bond donors (Lipinski definition) is 3. The maximum Gasteiger partial charge on any atom is 0.223 e. The predicted molar refractivity (Wildman–Crippen MR) is 60.0 cm³/mol. The Morgan fingerprint density at radius 1 is 1.44 bits per heavy atom. The van der Waals surface area contributed by atoms with E-state index in [1.807, 2.05) is 0 Å². The molecule has 0 bridgehead atoms. The van der Waals surface area contributed by atoms with Crippen LogP contribution in [-0.2, 0) is 4.79 Å². The maximum absolute atomic E-state index is 11.8. The van der Waals surface area contributed by atoms with Crippen molar-refractivity contribution in [3.8, 4) is 0 Å². The summed E-state index contributed by atoms with van der Waals surface area (Å²) in [6, 6.07) is 0.0520. The molecular weight excluding hydrogens is 206 g/mol. The number of rotatable bonds is 3. The zero-order chi connectivity index (χ0) is 11.7. The lowest BCUT2D eigenvalue weighted by molar-refractivity contribution is -0.123. The molecule has 0 saturated heterocycles. The summed E-state index contributed by atoms with van der Waals surface area (Å²) in [7, 11) is 0. The van der Waals surface area contributed by atoms with Crippen LogP contribution in [0.4, 0.5) is 0 Å². The molecule has 0 heterocycles. The SMILES string of the molecule is CC1CC1C(=O)NC1CCCC1C(N)=NO. The Morgan fingerprint density at radius 3 is 2.69 bits per heavy atom. The van der Waals surface area contributed by atoms with Crippen LogP contribution in [0.3, 0.4) is 0 Å². The van der Waals surface area contributed by atoms with Gasteiger partial charge in [0, 0.05) is 17.9 Å². The van der Waals surface area contributed by atoms with Crippen molar-refractivity contribution >= 4 is 11.7 Å². The molecule has 4 unspecified atom stereocenters. The summed E-state index contributed by atoms with van der Waals surface area (Å²) in [6.45, 7) is 2.08. The van der Waals surface area contributed by atoms with Crippen LogP contribution in [0.15, 0.2) is 5.16 Å². The van der Waals surface area contributed by atoms with E-state index in [1.165, 1.54) is 0 Å². The minimum atomic E-state index is 0.00278. The summed E-state index contributed by atoms with van der Waals surface area (Å²) < 4.78 is 0. The number of nitrogens with zero attached hydrogens (tertiary/aromatic N) is 1. The minimum Gasteiger partial charge on any atom is -0.409 e. The van der Waals surface area contributed by atoms with E-state index in [0.29, 0.717) is 5.92 Å². The molecule has 16 heavy (non-hydrogen) atoms. The summed E-state index contributed by atoms with van der Waals surface area (Å²) >= 11 is 0. The van der Waals surface area contributed by atoms with Crippen molar-refractivity contribution in [2.24, 2.45) is 28.6 Å². The van der Waals surface area contributed by atoms with Crippen LogP contribution in [0.2, 0.25) is 0 Å². The average molecular weight is 225 g/mol. The first-order valence-corrected chi connectivity index (χ1v) is 5.91. The Balaban J connectivity index is 1.91. The quantitative estimate of drug-likeness (QED) is 0.285. The van der Waals surface area contributed by atoms with E-state index in [4.69, 9.17) is 10.9 Å². The molecule has 0 radical (unpaired) electrons. The first-order valence-electron chi connectivity index (χ1n) is 5.91. The maximum atomic E-state index is 11.8. The first-order chi connectivity index (χ1) is 7.63. The molecule has 4 atom stereocenters. The van der Waals surface area contributed by atoms with Gasteiger partial charge in [-0.15, -0.1) is 0 Å². The third kappa shape index (κ3) is 2.13. The molecule has 0 aromatic rings. The van der Waals surface area contributed by atoms with E-state index in [-0.39, 0.29) is 29.6 Å². The van der Waals surface area contributed by atoms with E-state index in [1.54, 1.807) is 0 Å². The second-order valence-electron chi connectivity index (χ2n) is 5.00. The molecule has 2 aliphatic rings. The lowest BCUT2D eigenvalue weighted by Crippen LogP contribution is -2.43. The molecular formula is C11H19N3O2. The fourth-order valence-electron chi connectivity index (χ4n) is 2.54. The van der Waals surface area contributed by atoms with Crippen LogP contribution in [0, 0.1) is 17.8 Å². The van der Waals surface area contributed by atoms with Gasteiger partial charge < -0.3 is 16.3 Å². The van der Waals surface area contributed by atoms with Crippen molar-refractivity contribution in [1.29, 1.82) is 0 Å². The van der Waals surface area contributed by atoms with Gasteiger partial charge in [0.2, 0.25) is 5.91 Å². The van der Waals surface area contributed by atoms with E-state index in [0.717, 1.165) is 25.7 Å². The monoisotopic (exact) mass is 225 g/mol. The Labute approximate surface area is 95.1 Å². The highest BCUT2D eigenvalue weighted by Crippen LogP contribution is 2.38. The molecule has 2 fully saturated rings. The number of oxime groups is 1. The van der Waals surface area contributed by atoms with E-state index in [2.05, 4.69) is 17.4 Å². The van der Waals surface area contributed by atoms with Crippen molar-refractivity contribution in [1.82, 2.24) is 5.32 Å². The molecule has 0 aromatic heterocycles. The number of amidine groups is 1. The molecule has 4 N–H and O–H groups in total. The summed E-state index contributed by atoms with van der Waals surface area (Å²) in [6.07, 6.45) is 3.83. The zero-order valence-corrected chi connectivity index (χ0v) is 9.52. The lowest BCUT2D eigenvalue weighted by atomic mass is 10.0. The van der Waals surface area contributed by atoms with Gasteiger partial charge in [-0.1, -0.05) is 18.5 Å². The third-order valence-electron chi connectivity index (χ3n) is 3.79. The number of amides is 1. The Hall–Kier alpha value is -1.26. The van der Waals surface area contributed by atoms with Crippen molar-refractivity contribution in [2.45, 2.75) is 38.6 Å². The van der Waals surface area contributed by atoms with Crippen molar-refractivity contribution < 1.29 is 10.0 Å². The minimum absolute atomic E-state index is 0.00278. The van der Waals surface area contributed by atoms with Gasteiger partial charge in [-0.05, 0) is 25.2 Å². The highest BCUT2D eigenvalue weighted by atomic mass is 16.4. The molecule has 0 aromatic carbocycles. The fourth-order valence-corrected chi connectivity index (χ4v) is 2.54. The molecule has 2 rings (SSSR count). The number of nitrogens with one attached hydrogen (secondary N) is 1. The molecule has 1 amide bonds. The highest BCUT2D eigenvalue weighted by molar-refractivity contribution is 5.86. The summed E-state index contributed by atoms with van der Waals surface area (Å²) in [5, 5.41) is 14.7. The van der Waals surface area contributed by atoms with Crippen LogP contribution in [0.5, 0.6) is 0 Å². The average Bonchev–Trinajstić information content (AvgIpc) is 2.83. The normalized spacial score (nSPS) is 38.4. The zero-order valence-electron chi connectivity index (χ0n) is 9.52. The number of carbonyl (C=O) groups is 1. The standard InChI is InChI=1S/C11H19N3O2/c1-6-5-8(6)11(15)13-9-4-2-3-7(9)10(12)14-16/h6-9,16H,2-5H2,1H3,(H2,12,14)(H,13,15). The molecule has 5 nitrogen and oxygen atoms in total. The molecule has 90 valence electrons. The second-order valence-corrected chi connectivity index (χ2v) is 5.00. The van der Waals surface area contributed by atoms with Gasteiger partial charge >= 0.3 is 0 Å². The van der Waals surface area contributed by atoms with Gasteiger partial charge in [-0.25, -0.2) is 0 Å². The van der Waals surface area contributed by atoms with Gasteiger partial charge in [0.15, 0.2) is 0 Å². The van der Waals surface area contributed by atoms with E-state index >= 15 is 0 Å². The van der Waals surface area contributed by atoms with Crippen LogP contribution in [0.25, 0.3) is 0 Å². The number of nitrogens with two attached hydrogens (primary N) is 1. The molecule has 2 aliphatic carbocycles. The topological polar surface area (TPSA) is 87.7 Å². The summed E-state index contributed by atoms with van der Waals surface area (Å²) in [5.74, 6) is 1.09. The van der Waals surface area contributed by atoms with Gasteiger partial charge in [0.05, 0.1) is 0 Å². The summed E-state index contributed by atoms with van der Waals surface area (Å²) in [5.41, 5.74) is 5.61. The third-order valence-corrected chi connectivity index (χ3v) is 3.79. The van der Waals surface area contributed by atoms with Crippen molar-refractivity contribution in [3.63, 3.8) is 0 Å². The fraction of sp³-hybridized carbons (Fsp3) is 0.818. The van der Waals surface area contributed by atoms with Crippen LogP contribution >= 0.6 is 0 Å². The van der Waals surface area contributed by atoms with Crippen molar-refractivity contribution in [3.05, 3.63) is 0 Å².